The maximum Gasteiger partial charge on any atom is 0.171 e. The average Bonchev–Trinajstić information content (AvgIpc) is 3.24. The minimum Gasteiger partial charge on any atom is -0.484 e. The first-order valence-electron chi connectivity index (χ1n) is 8.48. The van der Waals surface area contributed by atoms with Crippen LogP contribution in [-0.2, 0) is 26.1 Å². The van der Waals surface area contributed by atoms with Crippen LogP contribution < -0.4 is 4.74 Å². The Bertz CT molecular complexity index is 800. The lowest BCUT2D eigenvalue weighted by Crippen LogP contribution is -2.34. The molecule has 0 amide bonds. The zero-order valence-electron chi connectivity index (χ0n) is 14.2. The zero-order chi connectivity index (χ0) is 17.1. The van der Waals surface area contributed by atoms with E-state index in [0.29, 0.717) is 12.6 Å². The van der Waals surface area contributed by atoms with Gasteiger partial charge in [0.05, 0.1) is 18.7 Å². The zero-order valence-corrected chi connectivity index (χ0v) is 14.2. The molecule has 130 valence electrons. The largest absolute Gasteiger partial charge is 0.484 e. The molecule has 3 aromatic rings. The van der Waals surface area contributed by atoms with Crippen LogP contribution >= 0.6 is 0 Å². The Morgan fingerprint density at radius 1 is 1.28 bits per heavy atom. The fourth-order valence-electron chi connectivity index (χ4n) is 3.16. The van der Waals surface area contributed by atoms with Crippen molar-refractivity contribution in [1.82, 2.24) is 24.6 Å². The van der Waals surface area contributed by atoms with Crippen molar-refractivity contribution in [2.24, 2.45) is 0 Å². The van der Waals surface area contributed by atoms with Crippen LogP contribution in [0, 0.1) is 0 Å². The Morgan fingerprint density at radius 3 is 3.04 bits per heavy atom. The highest BCUT2D eigenvalue weighted by molar-refractivity contribution is 5.15. The van der Waals surface area contributed by atoms with E-state index in [0.717, 1.165) is 43.5 Å². The molecule has 0 aromatic carbocycles. The highest BCUT2D eigenvalue weighted by Gasteiger charge is 2.24. The molecule has 0 radical (unpaired) electrons. The van der Waals surface area contributed by atoms with E-state index in [1.807, 2.05) is 24.5 Å². The molecule has 0 bridgehead atoms. The van der Waals surface area contributed by atoms with E-state index >= 15 is 0 Å². The van der Waals surface area contributed by atoms with Gasteiger partial charge in [0.15, 0.2) is 5.82 Å². The van der Waals surface area contributed by atoms with Gasteiger partial charge in [-0.3, -0.25) is 9.88 Å². The van der Waals surface area contributed by atoms with Crippen molar-refractivity contribution in [3.8, 4) is 5.75 Å². The van der Waals surface area contributed by atoms with Gasteiger partial charge in [0.2, 0.25) is 0 Å². The highest BCUT2D eigenvalue weighted by Crippen LogP contribution is 2.18. The Kier molecular flexibility index (Phi) is 4.47. The fourth-order valence-corrected chi connectivity index (χ4v) is 3.16. The van der Waals surface area contributed by atoms with Crippen molar-refractivity contribution >= 4 is 0 Å². The van der Waals surface area contributed by atoms with Crippen molar-refractivity contribution in [3.63, 3.8) is 0 Å². The van der Waals surface area contributed by atoms with Crippen LogP contribution in [0.4, 0.5) is 0 Å². The van der Waals surface area contributed by atoms with Gasteiger partial charge in [-0.25, -0.2) is 0 Å². The SMILES string of the molecule is CC1Cc2nnc(COc3cccnc3)n2CCN1Cc1ccoc1. The standard InChI is InChI=1S/C18H21N5O2/c1-14-9-17-20-21-18(13-25-16-3-2-5-19-10-16)23(17)7-6-22(14)11-15-4-8-24-12-15/h2-5,8,10,12,14H,6-7,9,11,13H2,1H3. The molecule has 1 atom stereocenters. The van der Waals surface area contributed by atoms with Gasteiger partial charge in [0.1, 0.15) is 18.2 Å². The Morgan fingerprint density at radius 2 is 2.24 bits per heavy atom. The highest BCUT2D eigenvalue weighted by atomic mass is 16.5. The van der Waals surface area contributed by atoms with Gasteiger partial charge in [-0.1, -0.05) is 0 Å². The smallest absolute Gasteiger partial charge is 0.171 e. The molecule has 0 N–H and O–H groups in total. The van der Waals surface area contributed by atoms with E-state index in [2.05, 4.69) is 31.6 Å². The number of aromatic nitrogens is 4. The molecule has 0 saturated heterocycles. The molecule has 0 saturated carbocycles. The summed E-state index contributed by atoms with van der Waals surface area (Å²) in [6, 6.07) is 6.16. The number of fused-ring (bicyclic) bond motifs is 1. The average molecular weight is 339 g/mol. The Hall–Kier alpha value is -2.67. The van der Waals surface area contributed by atoms with Crippen molar-refractivity contribution in [2.45, 2.75) is 39.1 Å². The molecule has 7 heteroatoms. The molecule has 25 heavy (non-hydrogen) atoms. The summed E-state index contributed by atoms with van der Waals surface area (Å²) in [4.78, 5) is 6.51. The molecule has 1 aliphatic rings. The number of hydrogen-bond acceptors (Lipinski definition) is 6. The van der Waals surface area contributed by atoms with Crippen molar-refractivity contribution in [1.29, 1.82) is 0 Å². The molecule has 1 aliphatic heterocycles. The van der Waals surface area contributed by atoms with Crippen LogP contribution in [0.5, 0.6) is 5.75 Å². The number of pyridine rings is 1. The quantitative estimate of drug-likeness (QED) is 0.710. The second-order valence-corrected chi connectivity index (χ2v) is 6.32. The van der Waals surface area contributed by atoms with Gasteiger partial charge in [-0.2, -0.15) is 0 Å². The summed E-state index contributed by atoms with van der Waals surface area (Å²) in [5.41, 5.74) is 1.20. The summed E-state index contributed by atoms with van der Waals surface area (Å²) >= 11 is 0. The molecule has 0 fully saturated rings. The summed E-state index contributed by atoms with van der Waals surface area (Å²) < 4.78 is 13.2. The van der Waals surface area contributed by atoms with E-state index in [1.165, 1.54) is 5.56 Å². The molecular weight excluding hydrogens is 318 g/mol. The third-order valence-corrected chi connectivity index (χ3v) is 4.58. The van der Waals surface area contributed by atoms with Crippen molar-refractivity contribution < 1.29 is 9.15 Å². The second-order valence-electron chi connectivity index (χ2n) is 6.32. The van der Waals surface area contributed by atoms with E-state index in [-0.39, 0.29) is 0 Å². The van der Waals surface area contributed by atoms with Crippen molar-refractivity contribution in [3.05, 3.63) is 60.3 Å². The summed E-state index contributed by atoms with van der Waals surface area (Å²) in [6.45, 7) is 5.32. The van der Waals surface area contributed by atoms with Gasteiger partial charge in [0.25, 0.3) is 0 Å². The lowest BCUT2D eigenvalue weighted by molar-refractivity contribution is 0.201. The van der Waals surface area contributed by atoms with Gasteiger partial charge < -0.3 is 13.7 Å². The predicted molar refractivity (Wildman–Crippen MR) is 90.9 cm³/mol. The van der Waals surface area contributed by atoms with Gasteiger partial charge in [-0.15, -0.1) is 10.2 Å². The number of nitrogens with zero attached hydrogens (tertiary/aromatic N) is 5. The maximum atomic E-state index is 5.78. The maximum absolute atomic E-state index is 5.78. The van der Waals surface area contributed by atoms with Crippen LogP contribution in [0.2, 0.25) is 0 Å². The van der Waals surface area contributed by atoms with E-state index < -0.39 is 0 Å². The van der Waals surface area contributed by atoms with Gasteiger partial charge >= 0.3 is 0 Å². The number of hydrogen-bond donors (Lipinski definition) is 0. The van der Waals surface area contributed by atoms with Crippen LogP contribution in [0.15, 0.2) is 47.5 Å². The molecule has 4 rings (SSSR count). The van der Waals surface area contributed by atoms with Gasteiger partial charge in [0, 0.05) is 43.9 Å². The fraction of sp³-hybridized carbons (Fsp3) is 0.389. The topological polar surface area (TPSA) is 69.2 Å². The van der Waals surface area contributed by atoms with E-state index in [1.54, 1.807) is 18.7 Å². The third kappa shape index (κ3) is 3.56. The summed E-state index contributed by atoms with van der Waals surface area (Å²) in [5, 5.41) is 8.71. The first kappa shape index (κ1) is 15.8. The molecular formula is C18H21N5O2. The van der Waals surface area contributed by atoms with Crippen LogP contribution in [0.25, 0.3) is 0 Å². The lowest BCUT2D eigenvalue weighted by atomic mass is 10.2. The molecule has 7 nitrogen and oxygen atoms in total. The first-order valence-corrected chi connectivity index (χ1v) is 8.48. The summed E-state index contributed by atoms with van der Waals surface area (Å²) in [5.74, 6) is 2.62. The number of ether oxygens (including phenoxy) is 1. The van der Waals surface area contributed by atoms with E-state index in [9.17, 15) is 0 Å². The lowest BCUT2D eigenvalue weighted by Gasteiger charge is -2.25. The molecule has 1 unspecified atom stereocenters. The molecule has 0 aliphatic carbocycles. The molecule has 0 spiro atoms. The Labute approximate surface area is 146 Å². The predicted octanol–water partition coefficient (Wildman–Crippen LogP) is 2.29. The second kappa shape index (κ2) is 7.06. The molecule has 3 aromatic heterocycles. The summed E-state index contributed by atoms with van der Waals surface area (Å²) in [7, 11) is 0. The van der Waals surface area contributed by atoms with Crippen LogP contribution in [0.1, 0.15) is 24.1 Å². The number of furan rings is 1. The van der Waals surface area contributed by atoms with E-state index in [4.69, 9.17) is 9.15 Å². The minimum absolute atomic E-state index is 0.396. The van der Waals surface area contributed by atoms with Crippen LogP contribution in [-0.4, -0.2) is 37.2 Å². The van der Waals surface area contributed by atoms with Gasteiger partial charge in [-0.05, 0) is 25.1 Å². The number of rotatable bonds is 5. The third-order valence-electron chi connectivity index (χ3n) is 4.58. The first-order chi connectivity index (χ1) is 12.3. The summed E-state index contributed by atoms with van der Waals surface area (Å²) in [6.07, 6.45) is 7.84. The molecule has 4 heterocycles. The Balaban J connectivity index is 1.44. The van der Waals surface area contributed by atoms with Crippen molar-refractivity contribution in [2.75, 3.05) is 6.54 Å². The van der Waals surface area contributed by atoms with Crippen LogP contribution in [0.3, 0.4) is 0 Å². The minimum atomic E-state index is 0.396. The normalized spacial score (nSPS) is 17.9. The monoisotopic (exact) mass is 339 g/mol.